The molecule has 0 aromatic heterocycles. The minimum atomic E-state index is 0.104. The lowest BCUT2D eigenvalue weighted by atomic mass is 9.58. The molecule has 0 atom stereocenters. The van der Waals surface area contributed by atoms with E-state index >= 15 is 0 Å². The fraction of sp³-hybridized carbons (Fsp3) is 0.750. The zero-order valence-corrected chi connectivity index (χ0v) is 8.96. The van der Waals surface area contributed by atoms with Crippen LogP contribution in [0.4, 0.5) is 0 Å². The maximum absolute atomic E-state index is 11.4. The van der Waals surface area contributed by atoms with Crippen molar-refractivity contribution < 1.29 is 4.79 Å². The van der Waals surface area contributed by atoms with Crippen molar-refractivity contribution in [3.63, 3.8) is 0 Å². The van der Waals surface area contributed by atoms with E-state index in [1.54, 1.807) is 0 Å². The summed E-state index contributed by atoms with van der Waals surface area (Å²) in [7, 11) is 0. The Morgan fingerprint density at radius 3 is 2.43 bits per heavy atom. The van der Waals surface area contributed by atoms with Crippen LogP contribution in [0.25, 0.3) is 0 Å². The van der Waals surface area contributed by atoms with Crippen LogP contribution in [0.15, 0.2) is 12.7 Å². The highest BCUT2D eigenvalue weighted by Gasteiger charge is 2.43. The number of amides is 1. The fourth-order valence-electron chi connectivity index (χ4n) is 3.16. The highest BCUT2D eigenvalue weighted by Crippen LogP contribution is 2.52. The van der Waals surface area contributed by atoms with Gasteiger partial charge in [-0.25, -0.2) is 0 Å². The number of carbonyl (C=O) groups excluding carboxylic acids is 1. The third-order valence-corrected chi connectivity index (χ3v) is 3.87. The van der Waals surface area contributed by atoms with Crippen LogP contribution in [-0.2, 0) is 4.79 Å². The van der Waals surface area contributed by atoms with E-state index in [1.807, 2.05) is 4.90 Å². The molecule has 1 spiro atoms. The quantitative estimate of drug-likeness (QED) is 0.585. The number of hydrogen-bond acceptors (Lipinski definition) is 1. The van der Waals surface area contributed by atoms with Gasteiger partial charge >= 0.3 is 0 Å². The third kappa shape index (κ3) is 1.58. The molecule has 14 heavy (non-hydrogen) atoms. The van der Waals surface area contributed by atoms with E-state index in [-0.39, 0.29) is 5.91 Å². The van der Waals surface area contributed by atoms with Crippen molar-refractivity contribution >= 4 is 5.91 Å². The lowest BCUT2D eigenvalue weighted by Gasteiger charge is -2.51. The van der Waals surface area contributed by atoms with E-state index < -0.39 is 0 Å². The first kappa shape index (κ1) is 9.75. The van der Waals surface area contributed by atoms with Gasteiger partial charge in [0, 0.05) is 13.1 Å². The van der Waals surface area contributed by atoms with Gasteiger partial charge in [0.2, 0.25) is 5.91 Å². The van der Waals surface area contributed by atoms with Crippen molar-refractivity contribution in [2.45, 2.75) is 32.6 Å². The summed E-state index contributed by atoms with van der Waals surface area (Å²) in [6.45, 7) is 7.74. The van der Waals surface area contributed by atoms with Crippen LogP contribution in [0.3, 0.4) is 0 Å². The van der Waals surface area contributed by atoms with Crippen LogP contribution in [0.2, 0.25) is 0 Å². The van der Waals surface area contributed by atoms with Crippen LogP contribution < -0.4 is 0 Å². The zero-order chi connectivity index (χ0) is 10.2. The van der Waals surface area contributed by atoms with Gasteiger partial charge in [-0.2, -0.15) is 0 Å². The average Bonchev–Trinajstić information content (AvgIpc) is 2.16. The van der Waals surface area contributed by atoms with Crippen LogP contribution in [0.1, 0.15) is 32.6 Å². The molecule has 1 aliphatic heterocycles. The average molecular weight is 193 g/mol. The summed E-state index contributed by atoms with van der Waals surface area (Å²) in [5.74, 6) is 1.02. The fourth-order valence-corrected chi connectivity index (χ4v) is 3.16. The summed E-state index contributed by atoms with van der Waals surface area (Å²) >= 11 is 0. The number of piperidine rings is 1. The monoisotopic (exact) mass is 193 g/mol. The van der Waals surface area contributed by atoms with E-state index in [9.17, 15) is 4.79 Å². The predicted octanol–water partition coefficient (Wildman–Crippen LogP) is 2.21. The molecule has 1 amide bonds. The van der Waals surface area contributed by atoms with Gasteiger partial charge in [-0.3, -0.25) is 4.79 Å². The second kappa shape index (κ2) is 3.41. The summed E-state index contributed by atoms with van der Waals surface area (Å²) in [5.41, 5.74) is 0.608. The van der Waals surface area contributed by atoms with Gasteiger partial charge in [0.25, 0.3) is 0 Å². The number of carbonyl (C=O) groups is 1. The Bertz CT molecular complexity index is 243. The molecule has 78 valence electrons. The molecule has 0 unspecified atom stereocenters. The first-order valence-electron chi connectivity index (χ1n) is 5.57. The molecule has 1 aliphatic carbocycles. The van der Waals surface area contributed by atoms with Gasteiger partial charge in [0.05, 0.1) is 0 Å². The van der Waals surface area contributed by atoms with Crippen molar-refractivity contribution in [1.82, 2.24) is 4.90 Å². The standard InChI is InChI=1S/C12H19NO/c1-3-11(14)13-6-4-12(5-7-13)8-10(2)9-12/h3,10H,1,4-9H2,2H3. The summed E-state index contributed by atoms with van der Waals surface area (Å²) in [5, 5.41) is 0. The molecule has 0 radical (unpaired) electrons. The highest BCUT2D eigenvalue weighted by atomic mass is 16.2. The topological polar surface area (TPSA) is 20.3 Å². The smallest absolute Gasteiger partial charge is 0.245 e. The Kier molecular flexibility index (Phi) is 2.38. The molecule has 1 saturated heterocycles. The second-order valence-electron chi connectivity index (χ2n) is 5.04. The normalized spacial score (nSPS) is 25.9. The van der Waals surface area contributed by atoms with Crippen molar-refractivity contribution in [2.75, 3.05) is 13.1 Å². The van der Waals surface area contributed by atoms with Crippen LogP contribution in [-0.4, -0.2) is 23.9 Å². The molecule has 1 heterocycles. The molecule has 2 fully saturated rings. The number of nitrogens with zero attached hydrogens (tertiary/aromatic N) is 1. The number of rotatable bonds is 1. The van der Waals surface area contributed by atoms with Gasteiger partial charge in [0.15, 0.2) is 0 Å². The van der Waals surface area contributed by atoms with E-state index in [4.69, 9.17) is 0 Å². The molecule has 2 nitrogen and oxygen atoms in total. The second-order valence-corrected chi connectivity index (χ2v) is 5.04. The van der Waals surface area contributed by atoms with Crippen LogP contribution in [0.5, 0.6) is 0 Å². The maximum Gasteiger partial charge on any atom is 0.245 e. The third-order valence-electron chi connectivity index (χ3n) is 3.87. The van der Waals surface area contributed by atoms with E-state index in [0.717, 1.165) is 19.0 Å². The Morgan fingerprint density at radius 1 is 1.43 bits per heavy atom. The zero-order valence-electron chi connectivity index (χ0n) is 8.96. The largest absolute Gasteiger partial charge is 0.339 e. The molecule has 2 rings (SSSR count). The van der Waals surface area contributed by atoms with Crippen molar-refractivity contribution in [3.05, 3.63) is 12.7 Å². The Balaban J connectivity index is 1.86. The molecule has 2 heteroatoms. The first-order chi connectivity index (χ1) is 6.65. The lowest BCUT2D eigenvalue weighted by molar-refractivity contribution is -0.130. The summed E-state index contributed by atoms with van der Waals surface area (Å²) in [6.07, 6.45) is 6.60. The summed E-state index contributed by atoms with van der Waals surface area (Å²) in [6, 6.07) is 0. The molecule has 0 aromatic rings. The molecule has 2 aliphatic rings. The van der Waals surface area contributed by atoms with Gasteiger partial charge in [-0.15, -0.1) is 0 Å². The Hall–Kier alpha value is -0.790. The van der Waals surface area contributed by atoms with E-state index in [2.05, 4.69) is 13.5 Å². The van der Waals surface area contributed by atoms with Gasteiger partial charge in [0.1, 0.15) is 0 Å². The molecule has 1 saturated carbocycles. The van der Waals surface area contributed by atoms with Gasteiger partial charge < -0.3 is 4.90 Å². The van der Waals surface area contributed by atoms with Gasteiger partial charge in [-0.05, 0) is 43.1 Å². The first-order valence-corrected chi connectivity index (χ1v) is 5.57. The molecule has 0 N–H and O–H groups in total. The molecule has 0 bridgehead atoms. The minimum Gasteiger partial charge on any atom is -0.339 e. The van der Waals surface area contributed by atoms with Gasteiger partial charge in [-0.1, -0.05) is 13.5 Å². The molecule has 0 aromatic carbocycles. The number of likely N-dealkylation sites (tertiary alicyclic amines) is 1. The van der Waals surface area contributed by atoms with Crippen molar-refractivity contribution in [2.24, 2.45) is 11.3 Å². The van der Waals surface area contributed by atoms with E-state index in [0.29, 0.717) is 5.41 Å². The predicted molar refractivity (Wildman–Crippen MR) is 56.8 cm³/mol. The Labute approximate surface area is 86.0 Å². The van der Waals surface area contributed by atoms with Crippen LogP contribution in [0, 0.1) is 11.3 Å². The SMILES string of the molecule is C=CC(=O)N1CCC2(CC1)CC(C)C2. The maximum atomic E-state index is 11.4. The van der Waals surface area contributed by atoms with Crippen LogP contribution >= 0.6 is 0 Å². The minimum absolute atomic E-state index is 0.104. The van der Waals surface area contributed by atoms with Crippen molar-refractivity contribution in [3.8, 4) is 0 Å². The highest BCUT2D eigenvalue weighted by molar-refractivity contribution is 5.87. The molecular weight excluding hydrogens is 174 g/mol. The molecular formula is C12H19NO. The summed E-state index contributed by atoms with van der Waals surface area (Å²) < 4.78 is 0. The van der Waals surface area contributed by atoms with E-state index in [1.165, 1.54) is 31.8 Å². The van der Waals surface area contributed by atoms with Crippen molar-refractivity contribution in [1.29, 1.82) is 0 Å². The lowest BCUT2D eigenvalue weighted by Crippen LogP contribution is -2.47. The number of hydrogen-bond donors (Lipinski definition) is 0. The Morgan fingerprint density at radius 2 is 2.00 bits per heavy atom. The summed E-state index contributed by atoms with van der Waals surface area (Å²) in [4.78, 5) is 13.3.